The van der Waals surface area contributed by atoms with Crippen LogP contribution in [0.1, 0.15) is 6.92 Å². The number of carbonyl (C=O) groups is 1. The molecule has 0 bridgehead atoms. The number of rotatable bonds is 1. The first-order chi connectivity index (χ1) is 2.64. The maximum Gasteiger partial charge on any atom is 0.320 e. The van der Waals surface area contributed by atoms with Gasteiger partial charge in [0.05, 0.1) is 0 Å². The quantitative estimate of drug-likeness (QED) is 0.513. The van der Waals surface area contributed by atoms with E-state index in [0.717, 1.165) is 0 Å². The van der Waals surface area contributed by atoms with Crippen LogP contribution in [0, 0.1) is 0 Å². The van der Waals surface area contributed by atoms with Gasteiger partial charge in [0.15, 0.2) is 0 Å². The molecule has 0 aromatic carbocycles. The minimum Gasteiger partial charge on any atom is -0.480 e. The molecule has 0 unspecified atom stereocenters. The molecule has 3 nitrogen and oxygen atoms in total. The molecular formula is C3H7CrNO2. The second-order valence-corrected chi connectivity index (χ2v) is 1.13. The maximum atomic E-state index is 9.57. The Labute approximate surface area is 52.6 Å². The van der Waals surface area contributed by atoms with Crippen LogP contribution in [0.25, 0.3) is 0 Å². The molecule has 0 aliphatic rings. The molecule has 0 rings (SSSR count). The molecule has 0 saturated carbocycles. The van der Waals surface area contributed by atoms with Gasteiger partial charge in [0.25, 0.3) is 0 Å². The van der Waals surface area contributed by atoms with Crippen molar-refractivity contribution >= 4 is 5.97 Å². The van der Waals surface area contributed by atoms with Crippen LogP contribution < -0.4 is 5.73 Å². The molecule has 0 heterocycles. The first-order valence-electron chi connectivity index (χ1n) is 1.63. The normalized spacial score (nSPS) is 11.7. The van der Waals surface area contributed by atoms with E-state index in [1.165, 1.54) is 6.92 Å². The number of nitrogens with two attached hydrogens (primary N) is 1. The predicted molar refractivity (Wildman–Crippen MR) is 21.3 cm³/mol. The molecule has 42 valence electrons. The molecule has 4 heteroatoms. The van der Waals surface area contributed by atoms with Crippen LogP contribution in [0.5, 0.6) is 0 Å². The van der Waals surface area contributed by atoms with Crippen molar-refractivity contribution in [3.05, 3.63) is 0 Å². The van der Waals surface area contributed by atoms with Gasteiger partial charge in [-0.1, -0.05) is 0 Å². The van der Waals surface area contributed by atoms with E-state index in [2.05, 4.69) is 0 Å². The van der Waals surface area contributed by atoms with Crippen molar-refractivity contribution in [3.63, 3.8) is 0 Å². The molecule has 0 aromatic heterocycles. The van der Waals surface area contributed by atoms with Crippen LogP contribution >= 0.6 is 0 Å². The molecule has 0 aliphatic heterocycles. The minimum atomic E-state index is -0.963. The van der Waals surface area contributed by atoms with Gasteiger partial charge in [-0.2, -0.15) is 0 Å². The van der Waals surface area contributed by atoms with Gasteiger partial charge >= 0.3 is 5.97 Å². The zero-order valence-electron chi connectivity index (χ0n) is 3.92. The topological polar surface area (TPSA) is 63.3 Å². The Morgan fingerprint density at radius 2 is 2.00 bits per heavy atom. The van der Waals surface area contributed by atoms with Gasteiger partial charge in [0.2, 0.25) is 0 Å². The Morgan fingerprint density at radius 3 is 2.00 bits per heavy atom. The number of hydrogen-bond acceptors (Lipinski definition) is 2. The second kappa shape index (κ2) is 4.13. The van der Waals surface area contributed by atoms with E-state index < -0.39 is 12.0 Å². The minimum absolute atomic E-state index is 0. The van der Waals surface area contributed by atoms with E-state index in [1.54, 1.807) is 0 Å². The summed E-state index contributed by atoms with van der Waals surface area (Å²) >= 11 is 0. The summed E-state index contributed by atoms with van der Waals surface area (Å²) in [4.78, 5) is 9.57. The maximum absolute atomic E-state index is 9.57. The summed E-state index contributed by atoms with van der Waals surface area (Å²) in [6.45, 7) is 1.42. The molecule has 7 heavy (non-hydrogen) atoms. The number of aliphatic carboxylic acids is 1. The van der Waals surface area contributed by atoms with Gasteiger partial charge in [-0.3, -0.25) is 4.79 Å². The number of carboxylic acid groups (broad SMARTS) is 1. The van der Waals surface area contributed by atoms with Crippen LogP contribution in [-0.4, -0.2) is 17.1 Å². The van der Waals surface area contributed by atoms with Gasteiger partial charge in [-0.15, -0.1) is 0 Å². The molecule has 0 radical (unpaired) electrons. The van der Waals surface area contributed by atoms with Crippen LogP contribution in [-0.2, 0) is 22.2 Å². The molecule has 1 atom stereocenters. The van der Waals surface area contributed by atoms with E-state index in [9.17, 15) is 4.79 Å². The largest absolute Gasteiger partial charge is 0.480 e. The zero-order chi connectivity index (χ0) is 5.15. The van der Waals surface area contributed by atoms with Gasteiger partial charge < -0.3 is 10.8 Å². The molecule has 0 amide bonds. The van der Waals surface area contributed by atoms with Gasteiger partial charge in [0, 0.05) is 17.4 Å². The molecule has 3 N–H and O–H groups in total. The molecule has 0 saturated heterocycles. The first-order valence-corrected chi connectivity index (χ1v) is 1.63. The average Bonchev–Trinajstić information content (AvgIpc) is 1.36. The third kappa shape index (κ3) is 5.96. The Hall–Kier alpha value is -0.0375. The number of hydrogen-bond donors (Lipinski definition) is 2. The second-order valence-electron chi connectivity index (χ2n) is 1.13. The van der Waals surface area contributed by atoms with Crippen molar-refractivity contribution in [2.75, 3.05) is 0 Å². The average molecular weight is 141 g/mol. The standard InChI is InChI=1S/C3H7NO2.Cr/c1-2(4)3(5)6;/h2H,4H2,1H3,(H,5,6);/t2-;/m0./s1. The monoisotopic (exact) mass is 141 g/mol. The van der Waals surface area contributed by atoms with E-state index >= 15 is 0 Å². The smallest absolute Gasteiger partial charge is 0.320 e. The van der Waals surface area contributed by atoms with Crippen LogP contribution in [0.3, 0.4) is 0 Å². The summed E-state index contributed by atoms with van der Waals surface area (Å²) in [5, 5.41) is 7.87. The molecule has 0 aliphatic carbocycles. The molecule has 0 aromatic rings. The Balaban J connectivity index is 0. The fourth-order valence-electron chi connectivity index (χ4n) is 0. The fourth-order valence-corrected chi connectivity index (χ4v) is 0. The van der Waals surface area contributed by atoms with Crippen molar-refractivity contribution < 1.29 is 27.3 Å². The molecule has 0 spiro atoms. The summed E-state index contributed by atoms with van der Waals surface area (Å²) in [5.74, 6) is -0.963. The van der Waals surface area contributed by atoms with Gasteiger partial charge in [-0.05, 0) is 6.92 Å². The van der Waals surface area contributed by atoms with Crippen molar-refractivity contribution in [1.29, 1.82) is 0 Å². The summed E-state index contributed by atoms with van der Waals surface area (Å²) in [6, 6.07) is -0.731. The van der Waals surface area contributed by atoms with Crippen LogP contribution in [0.2, 0.25) is 0 Å². The Morgan fingerprint density at radius 1 is 1.86 bits per heavy atom. The van der Waals surface area contributed by atoms with Crippen LogP contribution in [0.4, 0.5) is 0 Å². The summed E-state index contributed by atoms with van der Waals surface area (Å²) < 4.78 is 0. The molecular weight excluding hydrogens is 134 g/mol. The SMILES string of the molecule is C[C@H](N)C(=O)O.[Cr]. The summed E-state index contributed by atoms with van der Waals surface area (Å²) in [5.41, 5.74) is 4.84. The van der Waals surface area contributed by atoms with E-state index in [0.29, 0.717) is 0 Å². The Bertz CT molecular complexity index is 64.0. The number of carboxylic acids is 1. The molecule has 0 fully saturated rings. The van der Waals surface area contributed by atoms with E-state index in [1.807, 2.05) is 0 Å². The van der Waals surface area contributed by atoms with Crippen molar-refractivity contribution in [1.82, 2.24) is 0 Å². The fraction of sp³-hybridized carbons (Fsp3) is 0.667. The van der Waals surface area contributed by atoms with Gasteiger partial charge in [-0.25, -0.2) is 0 Å². The van der Waals surface area contributed by atoms with Crippen molar-refractivity contribution in [3.8, 4) is 0 Å². The summed E-state index contributed by atoms with van der Waals surface area (Å²) in [6.07, 6.45) is 0. The van der Waals surface area contributed by atoms with Crippen LogP contribution in [0.15, 0.2) is 0 Å². The van der Waals surface area contributed by atoms with Crippen molar-refractivity contribution in [2.24, 2.45) is 5.73 Å². The first kappa shape index (κ1) is 10.1. The van der Waals surface area contributed by atoms with E-state index in [-0.39, 0.29) is 17.4 Å². The Kier molecular flexibility index (Phi) is 5.93. The third-order valence-electron chi connectivity index (χ3n) is 0.390. The van der Waals surface area contributed by atoms with E-state index in [4.69, 9.17) is 10.8 Å². The van der Waals surface area contributed by atoms with Crippen molar-refractivity contribution in [2.45, 2.75) is 13.0 Å². The third-order valence-corrected chi connectivity index (χ3v) is 0.390. The predicted octanol–water partition coefficient (Wildman–Crippen LogP) is -0.584. The summed E-state index contributed by atoms with van der Waals surface area (Å²) in [7, 11) is 0. The van der Waals surface area contributed by atoms with Gasteiger partial charge in [0.1, 0.15) is 6.04 Å². The zero-order valence-corrected chi connectivity index (χ0v) is 5.19.